The molecule has 2 aromatic carbocycles. The lowest BCUT2D eigenvalue weighted by Gasteiger charge is -2.10. The van der Waals surface area contributed by atoms with Gasteiger partial charge in [-0.25, -0.2) is 0 Å². The van der Waals surface area contributed by atoms with Crippen molar-refractivity contribution in [3.05, 3.63) is 64.6 Å². The number of para-hydroxylation sites is 1. The van der Waals surface area contributed by atoms with Crippen molar-refractivity contribution in [2.24, 2.45) is 0 Å². The molecular formula is C22H23NO3S2. The monoisotopic (exact) mass is 413 g/mol. The number of rotatable bonds is 8. The number of ether oxygens (including phenoxy) is 2. The highest BCUT2D eigenvalue weighted by molar-refractivity contribution is 8.26. The number of thioether (sulfide) groups is 1. The van der Waals surface area contributed by atoms with Gasteiger partial charge in [0, 0.05) is 13.0 Å². The molecular weight excluding hydrogens is 390 g/mol. The second-order valence-corrected chi connectivity index (χ2v) is 7.99. The number of carbonyl (C=O) groups excluding carboxylic acids is 1. The fourth-order valence-corrected chi connectivity index (χ4v) is 4.12. The average Bonchev–Trinajstić information content (AvgIpc) is 2.96. The van der Waals surface area contributed by atoms with E-state index in [1.54, 1.807) is 4.90 Å². The van der Waals surface area contributed by atoms with Gasteiger partial charge in [-0.15, -0.1) is 0 Å². The number of thiocarbonyl (C=S) groups is 1. The van der Waals surface area contributed by atoms with E-state index in [4.69, 9.17) is 21.7 Å². The van der Waals surface area contributed by atoms with Crippen LogP contribution in [0.25, 0.3) is 6.08 Å². The zero-order chi connectivity index (χ0) is 19.9. The van der Waals surface area contributed by atoms with Crippen molar-refractivity contribution >= 4 is 40.3 Å². The van der Waals surface area contributed by atoms with Gasteiger partial charge < -0.3 is 9.47 Å². The molecule has 28 heavy (non-hydrogen) atoms. The molecule has 1 aliphatic rings. The van der Waals surface area contributed by atoms with E-state index in [0.29, 0.717) is 29.0 Å². The van der Waals surface area contributed by atoms with E-state index >= 15 is 0 Å². The molecule has 0 atom stereocenters. The smallest absolute Gasteiger partial charge is 0.266 e. The maximum Gasteiger partial charge on any atom is 0.266 e. The predicted octanol–water partition coefficient (Wildman–Crippen LogP) is 5.06. The first kappa shape index (κ1) is 20.4. The second kappa shape index (κ2) is 9.75. The van der Waals surface area contributed by atoms with Gasteiger partial charge in [-0.3, -0.25) is 9.69 Å². The van der Waals surface area contributed by atoms with E-state index in [-0.39, 0.29) is 5.91 Å². The Morgan fingerprint density at radius 2 is 1.79 bits per heavy atom. The van der Waals surface area contributed by atoms with Crippen LogP contribution in [-0.2, 0) is 4.79 Å². The fraction of sp³-hybridized carbons (Fsp3) is 0.273. The molecule has 0 N–H and O–H groups in total. The van der Waals surface area contributed by atoms with Crippen LogP contribution in [0.15, 0.2) is 53.4 Å². The molecule has 146 valence electrons. The number of hydrogen-bond donors (Lipinski definition) is 0. The van der Waals surface area contributed by atoms with E-state index in [2.05, 4.69) is 0 Å². The topological polar surface area (TPSA) is 38.8 Å². The Kier molecular flexibility index (Phi) is 7.12. The van der Waals surface area contributed by atoms with Crippen LogP contribution < -0.4 is 9.47 Å². The highest BCUT2D eigenvalue weighted by atomic mass is 32.2. The minimum absolute atomic E-state index is 0.0218. The number of amides is 1. The lowest BCUT2D eigenvalue weighted by Crippen LogP contribution is -2.27. The zero-order valence-corrected chi connectivity index (χ0v) is 17.6. The summed E-state index contributed by atoms with van der Waals surface area (Å²) in [6.45, 7) is 5.75. The SMILES string of the molecule is CCN1C(=O)/C(=C\c2ccc(OCCCOc3ccccc3C)cc2)SC1=S. The van der Waals surface area contributed by atoms with E-state index in [1.807, 2.05) is 68.5 Å². The highest BCUT2D eigenvalue weighted by Gasteiger charge is 2.30. The first-order chi connectivity index (χ1) is 13.6. The quantitative estimate of drug-likeness (QED) is 0.343. The summed E-state index contributed by atoms with van der Waals surface area (Å²) in [7, 11) is 0. The maximum absolute atomic E-state index is 12.3. The van der Waals surface area contributed by atoms with Crippen LogP contribution in [0.1, 0.15) is 24.5 Å². The molecule has 1 saturated heterocycles. The molecule has 2 aromatic rings. The Bertz CT molecular complexity index is 878. The number of nitrogens with zero attached hydrogens (tertiary/aromatic N) is 1. The van der Waals surface area contributed by atoms with Crippen LogP contribution in [0.2, 0.25) is 0 Å². The third-order valence-electron chi connectivity index (χ3n) is 4.28. The molecule has 0 aliphatic carbocycles. The number of aryl methyl sites for hydroxylation is 1. The lowest BCUT2D eigenvalue weighted by atomic mass is 10.2. The van der Waals surface area contributed by atoms with E-state index in [1.165, 1.54) is 11.8 Å². The third kappa shape index (κ3) is 5.14. The van der Waals surface area contributed by atoms with Crippen LogP contribution in [0.4, 0.5) is 0 Å². The number of carbonyl (C=O) groups is 1. The van der Waals surface area contributed by atoms with Gasteiger partial charge in [0.15, 0.2) is 0 Å². The molecule has 1 heterocycles. The van der Waals surface area contributed by atoms with Crippen LogP contribution in [0, 0.1) is 6.92 Å². The highest BCUT2D eigenvalue weighted by Crippen LogP contribution is 2.32. The summed E-state index contributed by atoms with van der Waals surface area (Å²) in [4.78, 5) is 14.5. The minimum Gasteiger partial charge on any atom is -0.493 e. The summed E-state index contributed by atoms with van der Waals surface area (Å²) in [5.41, 5.74) is 2.08. The van der Waals surface area contributed by atoms with Gasteiger partial charge in [0.05, 0.1) is 18.1 Å². The third-order valence-corrected chi connectivity index (χ3v) is 5.65. The molecule has 6 heteroatoms. The number of benzene rings is 2. The summed E-state index contributed by atoms with van der Waals surface area (Å²) in [6.07, 6.45) is 2.67. The van der Waals surface area contributed by atoms with Crippen molar-refractivity contribution in [2.75, 3.05) is 19.8 Å². The molecule has 0 bridgehead atoms. The molecule has 0 unspecified atom stereocenters. The van der Waals surface area contributed by atoms with Gasteiger partial charge in [0.2, 0.25) is 0 Å². The molecule has 3 rings (SSSR count). The second-order valence-electron chi connectivity index (χ2n) is 6.31. The van der Waals surface area contributed by atoms with Crippen LogP contribution in [0.5, 0.6) is 11.5 Å². The van der Waals surface area contributed by atoms with Gasteiger partial charge in [-0.2, -0.15) is 0 Å². The summed E-state index contributed by atoms with van der Waals surface area (Å²) in [6, 6.07) is 15.7. The Labute approximate surface area is 175 Å². The van der Waals surface area contributed by atoms with Crippen molar-refractivity contribution in [2.45, 2.75) is 20.3 Å². The van der Waals surface area contributed by atoms with E-state index in [0.717, 1.165) is 29.0 Å². The summed E-state index contributed by atoms with van der Waals surface area (Å²) >= 11 is 6.58. The molecule has 0 radical (unpaired) electrons. The summed E-state index contributed by atoms with van der Waals surface area (Å²) < 4.78 is 12.2. The van der Waals surface area contributed by atoms with Crippen molar-refractivity contribution in [3.63, 3.8) is 0 Å². The summed E-state index contributed by atoms with van der Waals surface area (Å²) in [5, 5.41) is 0. The lowest BCUT2D eigenvalue weighted by molar-refractivity contribution is -0.121. The molecule has 1 aliphatic heterocycles. The number of hydrogen-bond acceptors (Lipinski definition) is 5. The molecule has 4 nitrogen and oxygen atoms in total. The van der Waals surface area contributed by atoms with Gasteiger partial charge in [0.25, 0.3) is 5.91 Å². The predicted molar refractivity (Wildman–Crippen MR) is 119 cm³/mol. The van der Waals surface area contributed by atoms with Gasteiger partial charge in [-0.05, 0) is 49.2 Å². The van der Waals surface area contributed by atoms with Crippen LogP contribution >= 0.6 is 24.0 Å². The summed E-state index contributed by atoms with van der Waals surface area (Å²) in [5.74, 6) is 1.70. The van der Waals surface area contributed by atoms with Gasteiger partial charge in [-0.1, -0.05) is 54.3 Å². The molecule has 1 fully saturated rings. The van der Waals surface area contributed by atoms with Crippen molar-refractivity contribution in [1.29, 1.82) is 0 Å². The van der Waals surface area contributed by atoms with Crippen molar-refractivity contribution < 1.29 is 14.3 Å². The van der Waals surface area contributed by atoms with Crippen LogP contribution in [-0.4, -0.2) is 34.9 Å². The molecule has 0 aromatic heterocycles. The van der Waals surface area contributed by atoms with Crippen LogP contribution in [0.3, 0.4) is 0 Å². The Morgan fingerprint density at radius 1 is 1.07 bits per heavy atom. The minimum atomic E-state index is -0.0218. The molecule has 1 amide bonds. The Morgan fingerprint density at radius 3 is 2.46 bits per heavy atom. The first-order valence-corrected chi connectivity index (χ1v) is 10.5. The van der Waals surface area contributed by atoms with Gasteiger partial charge in [0.1, 0.15) is 15.8 Å². The Hall–Kier alpha value is -2.31. The largest absolute Gasteiger partial charge is 0.493 e. The average molecular weight is 414 g/mol. The zero-order valence-electron chi connectivity index (χ0n) is 16.0. The molecule has 0 spiro atoms. The van der Waals surface area contributed by atoms with E-state index in [9.17, 15) is 4.79 Å². The van der Waals surface area contributed by atoms with Crippen molar-refractivity contribution in [1.82, 2.24) is 4.90 Å². The normalized spacial score (nSPS) is 15.4. The van der Waals surface area contributed by atoms with Crippen molar-refractivity contribution in [3.8, 4) is 11.5 Å². The standard InChI is InChI=1S/C22H23NO3S2/c1-3-23-21(24)20(28-22(23)27)15-17-9-11-18(12-10-17)25-13-6-14-26-19-8-5-4-7-16(19)2/h4-5,7-12,15H,3,6,13-14H2,1-2H3/b20-15+. The molecule has 0 saturated carbocycles. The maximum atomic E-state index is 12.3. The first-order valence-electron chi connectivity index (χ1n) is 9.25. The van der Waals surface area contributed by atoms with E-state index < -0.39 is 0 Å². The number of likely N-dealkylation sites (N-methyl/N-ethyl adjacent to an activating group) is 1. The van der Waals surface area contributed by atoms with Gasteiger partial charge >= 0.3 is 0 Å². The fourth-order valence-electron chi connectivity index (χ4n) is 2.73. The Balaban J connectivity index is 1.46.